The largest absolute Gasteiger partial charge is 0.271 e. The van der Waals surface area contributed by atoms with E-state index in [0.29, 0.717) is 0 Å². The molecule has 2 aromatic rings. The molecule has 0 amide bonds. The van der Waals surface area contributed by atoms with Crippen LogP contribution >= 0.6 is 22.9 Å². The first-order valence-corrected chi connectivity index (χ1v) is 7.96. The van der Waals surface area contributed by atoms with Crippen LogP contribution in [0.25, 0.3) is 0 Å². The van der Waals surface area contributed by atoms with Gasteiger partial charge in [-0.05, 0) is 61.7 Å². The fraction of sp³-hybridized carbons (Fsp3) is 0.375. The van der Waals surface area contributed by atoms with Crippen LogP contribution in [-0.4, -0.2) is 0 Å². The number of rotatable bonds is 4. The smallest absolute Gasteiger partial charge is 0.0608 e. The van der Waals surface area contributed by atoms with Crippen molar-refractivity contribution in [1.29, 1.82) is 0 Å². The Morgan fingerprint density at radius 1 is 1.15 bits per heavy atom. The van der Waals surface area contributed by atoms with Crippen LogP contribution in [0.3, 0.4) is 0 Å². The van der Waals surface area contributed by atoms with Gasteiger partial charge in [0.15, 0.2) is 0 Å². The van der Waals surface area contributed by atoms with Crippen molar-refractivity contribution >= 4 is 22.9 Å². The molecular formula is C16H21ClN2S. The maximum atomic E-state index is 6.37. The number of hydrogen-bond donors (Lipinski definition) is 2. The first-order chi connectivity index (χ1) is 9.43. The highest BCUT2D eigenvalue weighted by molar-refractivity contribution is 7.10. The number of aryl methyl sites for hydroxylation is 4. The molecule has 0 fully saturated rings. The number of nitrogens with two attached hydrogens (primary N) is 1. The molecule has 4 heteroatoms. The molecular weight excluding hydrogens is 288 g/mol. The lowest BCUT2D eigenvalue weighted by Crippen LogP contribution is -2.29. The fourth-order valence-electron chi connectivity index (χ4n) is 2.65. The van der Waals surface area contributed by atoms with Gasteiger partial charge in [-0.15, -0.1) is 11.3 Å². The Balaban J connectivity index is 2.34. The van der Waals surface area contributed by atoms with E-state index < -0.39 is 0 Å². The van der Waals surface area contributed by atoms with Crippen molar-refractivity contribution in [3.05, 3.63) is 55.2 Å². The van der Waals surface area contributed by atoms with Gasteiger partial charge in [0.25, 0.3) is 0 Å². The van der Waals surface area contributed by atoms with Crippen molar-refractivity contribution in [1.82, 2.24) is 5.43 Å². The maximum absolute atomic E-state index is 6.37. The third kappa shape index (κ3) is 3.07. The van der Waals surface area contributed by atoms with Gasteiger partial charge < -0.3 is 0 Å². The van der Waals surface area contributed by atoms with Crippen LogP contribution in [0.2, 0.25) is 5.02 Å². The molecule has 2 nitrogen and oxygen atoms in total. The molecule has 0 radical (unpaired) electrons. The molecule has 1 unspecified atom stereocenters. The van der Waals surface area contributed by atoms with Crippen LogP contribution in [-0.2, 0) is 6.42 Å². The van der Waals surface area contributed by atoms with Gasteiger partial charge in [0, 0.05) is 4.88 Å². The Labute approximate surface area is 129 Å². The quantitative estimate of drug-likeness (QED) is 0.649. The number of thiophene rings is 1. The third-order valence-electron chi connectivity index (χ3n) is 3.69. The summed E-state index contributed by atoms with van der Waals surface area (Å²) in [7, 11) is 0. The number of benzene rings is 1. The summed E-state index contributed by atoms with van der Waals surface area (Å²) in [6.45, 7) is 8.47. The summed E-state index contributed by atoms with van der Waals surface area (Å²) >= 11 is 8.04. The highest BCUT2D eigenvalue weighted by atomic mass is 35.5. The van der Waals surface area contributed by atoms with E-state index in [0.717, 1.165) is 21.9 Å². The van der Waals surface area contributed by atoms with E-state index in [1.165, 1.54) is 22.3 Å². The zero-order chi connectivity index (χ0) is 14.9. The lowest BCUT2D eigenvalue weighted by atomic mass is 9.94. The molecule has 2 rings (SSSR count). The van der Waals surface area contributed by atoms with Crippen molar-refractivity contribution in [3.8, 4) is 0 Å². The van der Waals surface area contributed by atoms with E-state index in [2.05, 4.69) is 43.7 Å². The summed E-state index contributed by atoms with van der Waals surface area (Å²) in [5.41, 5.74) is 9.30. The standard InChI is InChI=1S/C16H21ClN2S/c1-9-5-10(2)13(11(3)6-9)7-14(19-18)16-15(17)12(4)8-20-16/h5-6,8,14,19H,7,18H2,1-4H3. The topological polar surface area (TPSA) is 38.0 Å². The molecule has 0 aliphatic rings. The average molecular weight is 309 g/mol. The summed E-state index contributed by atoms with van der Waals surface area (Å²) in [5.74, 6) is 5.76. The zero-order valence-electron chi connectivity index (χ0n) is 12.4. The van der Waals surface area contributed by atoms with E-state index >= 15 is 0 Å². The molecule has 1 atom stereocenters. The van der Waals surface area contributed by atoms with Gasteiger partial charge in [-0.1, -0.05) is 29.3 Å². The second-order valence-electron chi connectivity index (χ2n) is 5.40. The normalized spacial score (nSPS) is 12.7. The molecule has 1 heterocycles. The third-order valence-corrected chi connectivity index (χ3v) is 5.52. The van der Waals surface area contributed by atoms with Crippen LogP contribution in [0.5, 0.6) is 0 Å². The molecule has 3 N–H and O–H groups in total. The van der Waals surface area contributed by atoms with Crippen LogP contribution in [0.4, 0.5) is 0 Å². The zero-order valence-corrected chi connectivity index (χ0v) is 14.0. The van der Waals surface area contributed by atoms with Crippen molar-refractivity contribution in [3.63, 3.8) is 0 Å². The summed E-state index contributed by atoms with van der Waals surface area (Å²) in [6.07, 6.45) is 0.855. The SMILES string of the molecule is Cc1cc(C)c(CC(NN)c2scc(C)c2Cl)c(C)c1. The number of nitrogens with one attached hydrogen (secondary N) is 1. The van der Waals surface area contributed by atoms with Crippen molar-refractivity contribution in [2.45, 2.75) is 40.2 Å². The van der Waals surface area contributed by atoms with E-state index in [1.54, 1.807) is 11.3 Å². The Morgan fingerprint density at radius 3 is 2.20 bits per heavy atom. The second-order valence-corrected chi connectivity index (χ2v) is 6.69. The Morgan fingerprint density at radius 2 is 1.75 bits per heavy atom. The Kier molecular flexibility index (Phi) is 4.86. The van der Waals surface area contributed by atoms with Crippen LogP contribution in [0.15, 0.2) is 17.5 Å². The molecule has 0 bridgehead atoms. The van der Waals surface area contributed by atoms with Gasteiger partial charge in [0.1, 0.15) is 0 Å². The summed E-state index contributed by atoms with van der Waals surface area (Å²) in [5, 5.41) is 2.91. The maximum Gasteiger partial charge on any atom is 0.0608 e. The Hall–Kier alpha value is -0.870. The highest BCUT2D eigenvalue weighted by Crippen LogP contribution is 2.34. The first-order valence-electron chi connectivity index (χ1n) is 6.70. The predicted octanol–water partition coefficient (Wildman–Crippen LogP) is 4.38. The van der Waals surface area contributed by atoms with Gasteiger partial charge in [0.05, 0.1) is 11.1 Å². The molecule has 0 aliphatic carbocycles. The van der Waals surface area contributed by atoms with Crippen molar-refractivity contribution < 1.29 is 0 Å². The minimum absolute atomic E-state index is 0.0568. The summed E-state index contributed by atoms with van der Waals surface area (Å²) in [6, 6.07) is 4.50. The molecule has 0 spiro atoms. The van der Waals surface area contributed by atoms with Gasteiger partial charge in [-0.3, -0.25) is 11.3 Å². The predicted molar refractivity (Wildman–Crippen MR) is 88.5 cm³/mol. The molecule has 20 heavy (non-hydrogen) atoms. The fourth-order valence-corrected chi connectivity index (χ4v) is 4.03. The molecule has 0 aliphatic heterocycles. The minimum Gasteiger partial charge on any atom is -0.271 e. The van der Waals surface area contributed by atoms with Crippen LogP contribution in [0, 0.1) is 27.7 Å². The number of hydrogen-bond acceptors (Lipinski definition) is 3. The lowest BCUT2D eigenvalue weighted by molar-refractivity contribution is 0.558. The highest BCUT2D eigenvalue weighted by Gasteiger charge is 2.19. The van der Waals surface area contributed by atoms with E-state index in [1.807, 2.05) is 6.92 Å². The summed E-state index contributed by atoms with van der Waals surface area (Å²) in [4.78, 5) is 1.12. The van der Waals surface area contributed by atoms with Crippen LogP contribution < -0.4 is 11.3 Å². The molecule has 1 aromatic heterocycles. The van der Waals surface area contributed by atoms with Gasteiger partial charge in [0.2, 0.25) is 0 Å². The monoisotopic (exact) mass is 308 g/mol. The average Bonchev–Trinajstić information content (AvgIpc) is 2.70. The lowest BCUT2D eigenvalue weighted by Gasteiger charge is -2.19. The second kappa shape index (κ2) is 6.27. The van der Waals surface area contributed by atoms with Crippen molar-refractivity contribution in [2.75, 3.05) is 0 Å². The first kappa shape index (κ1) is 15.5. The molecule has 0 saturated heterocycles. The van der Waals surface area contributed by atoms with Gasteiger partial charge in [-0.2, -0.15) is 0 Å². The van der Waals surface area contributed by atoms with Gasteiger partial charge in [-0.25, -0.2) is 0 Å². The van der Waals surface area contributed by atoms with E-state index in [-0.39, 0.29) is 6.04 Å². The Bertz CT molecular complexity index is 596. The van der Waals surface area contributed by atoms with Crippen molar-refractivity contribution in [2.24, 2.45) is 5.84 Å². The summed E-state index contributed by atoms with van der Waals surface area (Å²) < 4.78 is 0. The van der Waals surface area contributed by atoms with E-state index in [9.17, 15) is 0 Å². The van der Waals surface area contributed by atoms with Gasteiger partial charge >= 0.3 is 0 Å². The number of hydrazine groups is 1. The molecule has 108 valence electrons. The minimum atomic E-state index is 0.0568. The van der Waals surface area contributed by atoms with Crippen LogP contribution in [0.1, 0.15) is 38.7 Å². The molecule has 1 aromatic carbocycles. The molecule has 0 saturated carbocycles. The van der Waals surface area contributed by atoms with E-state index in [4.69, 9.17) is 17.4 Å². The number of halogens is 1.